The Morgan fingerprint density at radius 1 is 1.28 bits per heavy atom. The molecule has 0 unspecified atom stereocenters. The van der Waals surface area contributed by atoms with Gasteiger partial charge in [0.2, 0.25) is 0 Å². The van der Waals surface area contributed by atoms with Crippen LogP contribution in [0.25, 0.3) is 0 Å². The topological polar surface area (TPSA) is 92.7 Å². The van der Waals surface area contributed by atoms with Gasteiger partial charge in [-0.05, 0) is 37.8 Å². The van der Waals surface area contributed by atoms with Crippen LogP contribution in [0.15, 0.2) is 29.2 Å². The number of amides is 1. The first-order valence-electron chi connectivity index (χ1n) is 8.75. The molecule has 1 aliphatic carbocycles. The standard InChI is InChI=1S/C18H25N5O2/c1-18(2,3)15-11-14(21-22-15)17(25)20-12-6-8-13(9-7-12)23-16(24)5-4-10-19-23/h4-5,10-13H,6-9H2,1-3H3,(H,20,25)(H,21,22). The summed E-state index contributed by atoms with van der Waals surface area (Å²) in [5.74, 6) is -0.148. The number of carbonyl (C=O) groups excluding carboxylic acids is 1. The van der Waals surface area contributed by atoms with E-state index in [-0.39, 0.29) is 29.0 Å². The minimum absolute atomic E-state index is 0.0683. The number of nitrogens with one attached hydrogen (secondary N) is 2. The maximum absolute atomic E-state index is 12.4. The number of aromatic nitrogens is 4. The van der Waals surface area contributed by atoms with Crippen LogP contribution >= 0.6 is 0 Å². The van der Waals surface area contributed by atoms with Gasteiger partial charge < -0.3 is 5.32 Å². The van der Waals surface area contributed by atoms with Crippen molar-refractivity contribution in [2.75, 3.05) is 0 Å². The second-order valence-corrected chi connectivity index (χ2v) is 7.70. The molecule has 1 saturated carbocycles. The molecule has 0 radical (unpaired) electrons. The van der Waals surface area contributed by atoms with Gasteiger partial charge in [-0.25, -0.2) is 4.68 Å². The molecular formula is C18H25N5O2. The lowest BCUT2D eigenvalue weighted by molar-refractivity contribution is 0.0916. The summed E-state index contributed by atoms with van der Waals surface area (Å²) in [6.07, 6.45) is 4.96. The lowest BCUT2D eigenvalue weighted by Gasteiger charge is -2.29. The van der Waals surface area contributed by atoms with Gasteiger partial charge in [0.15, 0.2) is 0 Å². The van der Waals surface area contributed by atoms with Crippen LogP contribution in [0.1, 0.15) is 68.7 Å². The predicted molar refractivity (Wildman–Crippen MR) is 94.5 cm³/mol. The minimum atomic E-state index is -0.148. The van der Waals surface area contributed by atoms with E-state index in [1.807, 2.05) is 6.07 Å². The molecule has 0 atom stereocenters. The molecule has 2 aromatic heterocycles. The number of aromatic amines is 1. The lowest BCUT2D eigenvalue weighted by atomic mass is 9.91. The molecule has 25 heavy (non-hydrogen) atoms. The SMILES string of the molecule is CC(C)(C)c1cc(C(=O)NC2CCC(n3ncccc3=O)CC2)n[nH]1. The molecule has 2 N–H and O–H groups in total. The van der Waals surface area contributed by atoms with Gasteiger partial charge >= 0.3 is 0 Å². The average Bonchev–Trinajstić information content (AvgIpc) is 3.07. The van der Waals surface area contributed by atoms with Crippen molar-refractivity contribution in [3.63, 3.8) is 0 Å². The smallest absolute Gasteiger partial charge is 0.271 e. The van der Waals surface area contributed by atoms with Crippen LogP contribution in [0, 0.1) is 0 Å². The van der Waals surface area contributed by atoms with E-state index in [1.165, 1.54) is 6.07 Å². The Kier molecular flexibility index (Phi) is 4.74. The molecule has 7 heteroatoms. The normalized spacial score (nSPS) is 21.1. The molecule has 2 aromatic rings. The summed E-state index contributed by atoms with van der Waals surface area (Å²) in [5, 5.41) is 14.3. The Bertz CT molecular complexity index is 794. The molecular weight excluding hydrogens is 318 g/mol. The summed E-state index contributed by atoms with van der Waals surface area (Å²) in [5.41, 5.74) is 1.23. The summed E-state index contributed by atoms with van der Waals surface area (Å²) >= 11 is 0. The van der Waals surface area contributed by atoms with Crippen molar-refractivity contribution in [2.24, 2.45) is 0 Å². The monoisotopic (exact) mass is 343 g/mol. The first-order chi connectivity index (χ1) is 11.8. The molecule has 0 aromatic carbocycles. The van der Waals surface area contributed by atoms with Crippen LogP contribution in [-0.2, 0) is 5.41 Å². The van der Waals surface area contributed by atoms with Crippen LogP contribution in [0.2, 0.25) is 0 Å². The van der Waals surface area contributed by atoms with E-state index in [1.54, 1.807) is 16.9 Å². The van der Waals surface area contributed by atoms with Crippen molar-refractivity contribution >= 4 is 5.91 Å². The summed E-state index contributed by atoms with van der Waals surface area (Å²) < 4.78 is 1.56. The van der Waals surface area contributed by atoms with E-state index in [0.717, 1.165) is 31.4 Å². The van der Waals surface area contributed by atoms with Gasteiger partial charge in [-0.3, -0.25) is 14.7 Å². The summed E-state index contributed by atoms with van der Waals surface area (Å²) in [6.45, 7) is 6.22. The first kappa shape index (κ1) is 17.4. The Hall–Kier alpha value is -2.44. The van der Waals surface area contributed by atoms with Crippen molar-refractivity contribution in [3.05, 3.63) is 46.1 Å². The second-order valence-electron chi connectivity index (χ2n) is 7.70. The maximum Gasteiger partial charge on any atom is 0.271 e. The number of rotatable bonds is 3. The number of hydrogen-bond acceptors (Lipinski definition) is 4. The zero-order valence-corrected chi connectivity index (χ0v) is 15.0. The molecule has 0 saturated heterocycles. The van der Waals surface area contributed by atoms with E-state index >= 15 is 0 Å². The zero-order chi connectivity index (χ0) is 18.0. The summed E-state index contributed by atoms with van der Waals surface area (Å²) in [7, 11) is 0. The van der Waals surface area contributed by atoms with Crippen LogP contribution < -0.4 is 10.9 Å². The Morgan fingerprint density at radius 3 is 2.60 bits per heavy atom. The first-order valence-corrected chi connectivity index (χ1v) is 8.75. The molecule has 0 bridgehead atoms. The van der Waals surface area contributed by atoms with Crippen molar-refractivity contribution in [2.45, 2.75) is 64.0 Å². The van der Waals surface area contributed by atoms with Crippen LogP contribution in [0.3, 0.4) is 0 Å². The minimum Gasteiger partial charge on any atom is -0.348 e. The largest absolute Gasteiger partial charge is 0.348 e. The Morgan fingerprint density at radius 2 is 2.00 bits per heavy atom. The second kappa shape index (κ2) is 6.82. The predicted octanol–water partition coefficient (Wildman–Crippen LogP) is 2.18. The van der Waals surface area contributed by atoms with Gasteiger partial charge in [0, 0.05) is 29.4 Å². The van der Waals surface area contributed by atoms with E-state index in [2.05, 4.69) is 41.4 Å². The van der Waals surface area contributed by atoms with Gasteiger partial charge in [0.25, 0.3) is 11.5 Å². The fourth-order valence-electron chi connectivity index (χ4n) is 3.19. The van der Waals surface area contributed by atoms with Crippen molar-refractivity contribution in [1.82, 2.24) is 25.3 Å². The van der Waals surface area contributed by atoms with Gasteiger partial charge in [0.1, 0.15) is 5.69 Å². The summed E-state index contributed by atoms with van der Waals surface area (Å²) in [4.78, 5) is 24.3. The highest BCUT2D eigenvalue weighted by Crippen LogP contribution is 2.27. The van der Waals surface area contributed by atoms with Crippen LogP contribution in [0.4, 0.5) is 0 Å². The third kappa shape index (κ3) is 3.97. The number of carbonyl (C=O) groups is 1. The molecule has 134 valence electrons. The molecule has 7 nitrogen and oxygen atoms in total. The molecule has 0 spiro atoms. The van der Waals surface area contributed by atoms with Gasteiger partial charge in [-0.15, -0.1) is 0 Å². The fourth-order valence-corrected chi connectivity index (χ4v) is 3.19. The van der Waals surface area contributed by atoms with E-state index in [0.29, 0.717) is 5.69 Å². The summed E-state index contributed by atoms with van der Waals surface area (Å²) in [6, 6.07) is 5.22. The molecule has 2 heterocycles. The molecule has 0 aliphatic heterocycles. The lowest BCUT2D eigenvalue weighted by Crippen LogP contribution is -2.39. The van der Waals surface area contributed by atoms with Crippen molar-refractivity contribution < 1.29 is 4.79 Å². The molecule has 3 rings (SSSR count). The zero-order valence-electron chi connectivity index (χ0n) is 15.0. The van der Waals surface area contributed by atoms with Crippen molar-refractivity contribution in [3.8, 4) is 0 Å². The van der Waals surface area contributed by atoms with Crippen molar-refractivity contribution in [1.29, 1.82) is 0 Å². The number of nitrogens with zero attached hydrogens (tertiary/aromatic N) is 3. The maximum atomic E-state index is 12.4. The molecule has 1 amide bonds. The quantitative estimate of drug-likeness (QED) is 0.893. The van der Waals surface area contributed by atoms with E-state index in [4.69, 9.17) is 0 Å². The average molecular weight is 343 g/mol. The molecule has 1 aliphatic rings. The highest BCUT2D eigenvalue weighted by molar-refractivity contribution is 5.92. The third-order valence-corrected chi connectivity index (χ3v) is 4.74. The van der Waals surface area contributed by atoms with Gasteiger partial charge in [-0.1, -0.05) is 20.8 Å². The van der Waals surface area contributed by atoms with Gasteiger partial charge in [0.05, 0.1) is 6.04 Å². The highest BCUT2D eigenvalue weighted by atomic mass is 16.2. The number of H-pyrrole nitrogens is 1. The third-order valence-electron chi connectivity index (χ3n) is 4.74. The molecule has 1 fully saturated rings. The van der Waals surface area contributed by atoms with Crippen LogP contribution in [0.5, 0.6) is 0 Å². The van der Waals surface area contributed by atoms with Gasteiger partial charge in [-0.2, -0.15) is 10.2 Å². The highest BCUT2D eigenvalue weighted by Gasteiger charge is 2.26. The van der Waals surface area contributed by atoms with Crippen LogP contribution in [-0.4, -0.2) is 31.9 Å². The number of hydrogen-bond donors (Lipinski definition) is 2. The Balaban J connectivity index is 1.57. The van der Waals surface area contributed by atoms with E-state index in [9.17, 15) is 9.59 Å². The Labute approximate surface area is 146 Å². The van der Waals surface area contributed by atoms with E-state index < -0.39 is 0 Å². The fraction of sp³-hybridized carbons (Fsp3) is 0.556.